The summed E-state index contributed by atoms with van der Waals surface area (Å²) in [6, 6.07) is 17.3. The fourth-order valence-corrected chi connectivity index (χ4v) is 3.19. The Morgan fingerprint density at radius 1 is 0.913 bits per heavy atom. The molecule has 0 radical (unpaired) electrons. The van der Waals surface area contributed by atoms with Gasteiger partial charge in [-0.2, -0.15) is 0 Å². The van der Waals surface area contributed by atoms with Crippen molar-refractivity contribution in [3.8, 4) is 0 Å². The second kappa shape index (κ2) is 8.60. The van der Waals surface area contributed by atoms with Crippen LogP contribution in [0.25, 0.3) is 0 Å². The lowest BCUT2D eigenvalue weighted by Gasteiger charge is -2.26. The molecule has 122 valence electrons. The maximum atomic E-state index is 5.39. The maximum absolute atomic E-state index is 5.39. The Hall–Kier alpha value is -1.20. The molecule has 1 heterocycles. The lowest BCUT2D eigenvalue weighted by Crippen LogP contribution is -2.35. The molecule has 3 rings (SSSR count). The molecule has 0 spiro atoms. The third kappa shape index (κ3) is 5.15. The molecule has 2 aromatic carbocycles. The molecule has 1 aliphatic rings. The zero-order valence-corrected chi connectivity index (χ0v) is 14.9. The monoisotopic (exact) mass is 374 g/mol. The predicted molar refractivity (Wildman–Crippen MR) is 97.2 cm³/mol. The Balaban J connectivity index is 1.46. The van der Waals surface area contributed by atoms with E-state index in [9.17, 15) is 0 Å². The quantitative estimate of drug-likeness (QED) is 0.836. The van der Waals surface area contributed by atoms with Gasteiger partial charge in [0, 0.05) is 37.2 Å². The van der Waals surface area contributed by atoms with Gasteiger partial charge in [0.15, 0.2) is 0 Å². The Morgan fingerprint density at radius 2 is 1.61 bits per heavy atom. The van der Waals surface area contributed by atoms with Crippen LogP contribution in [0.3, 0.4) is 0 Å². The van der Waals surface area contributed by atoms with E-state index in [1.54, 1.807) is 0 Å². The average molecular weight is 375 g/mol. The van der Waals surface area contributed by atoms with Crippen LogP contribution in [0.4, 0.5) is 0 Å². The molecule has 2 aromatic rings. The molecular formula is C19H23BrN2O. The standard InChI is InChI=1S/C19H23BrN2O/c20-19-4-2-1-3-18(19)14-21-13-16-5-7-17(8-6-16)15-22-9-11-23-12-10-22/h1-8,21H,9-15H2. The lowest BCUT2D eigenvalue weighted by atomic mass is 10.1. The molecule has 3 nitrogen and oxygen atoms in total. The minimum absolute atomic E-state index is 0.858. The summed E-state index contributed by atoms with van der Waals surface area (Å²) in [6.07, 6.45) is 0. The molecule has 0 aliphatic carbocycles. The van der Waals surface area contributed by atoms with Crippen LogP contribution in [0.1, 0.15) is 16.7 Å². The first kappa shape index (κ1) is 16.7. The second-order valence-corrected chi connectivity index (χ2v) is 6.75. The average Bonchev–Trinajstić information content (AvgIpc) is 2.59. The highest BCUT2D eigenvalue weighted by atomic mass is 79.9. The van der Waals surface area contributed by atoms with Crippen LogP contribution in [0.15, 0.2) is 53.0 Å². The van der Waals surface area contributed by atoms with Crippen LogP contribution in [-0.2, 0) is 24.4 Å². The van der Waals surface area contributed by atoms with E-state index in [1.165, 1.54) is 16.7 Å². The highest BCUT2D eigenvalue weighted by Gasteiger charge is 2.10. The van der Waals surface area contributed by atoms with Gasteiger partial charge in [-0.05, 0) is 22.8 Å². The molecule has 0 amide bonds. The van der Waals surface area contributed by atoms with Crippen molar-refractivity contribution < 1.29 is 4.74 Å². The molecule has 0 unspecified atom stereocenters. The Morgan fingerprint density at radius 3 is 2.35 bits per heavy atom. The van der Waals surface area contributed by atoms with Gasteiger partial charge in [0.1, 0.15) is 0 Å². The van der Waals surface area contributed by atoms with E-state index in [4.69, 9.17) is 4.74 Å². The van der Waals surface area contributed by atoms with Gasteiger partial charge in [0.2, 0.25) is 0 Å². The van der Waals surface area contributed by atoms with Crippen LogP contribution >= 0.6 is 15.9 Å². The molecule has 23 heavy (non-hydrogen) atoms. The van der Waals surface area contributed by atoms with Crippen LogP contribution in [-0.4, -0.2) is 31.2 Å². The van der Waals surface area contributed by atoms with Gasteiger partial charge in [-0.1, -0.05) is 58.4 Å². The molecule has 0 saturated carbocycles. The zero-order valence-electron chi connectivity index (χ0n) is 13.3. The van der Waals surface area contributed by atoms with Crippen molar-refractivity contribution in [2.24, 2.45) is 0 Å². The third-order valence-corrected chi connectivity index (χ3v) is 4.91. The fourth-order valence-electron chi connectivity index (χ4n) is 2.76. The van der Waals surface area contributed by atoms with Gasteiger partial charge in [-0.25, -0.2) is 0 Å². The summed E-state index contributed by atoms with van der Waals surface area (Å²) in [7, 11) is 0. The summed E-state index contributed by atoms with van der Waals surface area (Å²) in [5.74, 6) is 0. The Labute approximate surface area is 146 Å². The van der Waals surface area contributed by atoms with Crippen molar-refractivity contribution in [1.29, 1.82) is 0 Å². The van der Waals surface area contributed by atoms with Gasteiger partial charge in [-0.15, -0.1) is 0 Å². The number of halogens is 1. The topological polar surface area (TPSA) is 24.5 Å². The number of hydrogen-bond acceptors (Lipinski definition) is 3. The van der Waals surface area contributed by atoms with E-state index in [-0.39, 0.29) is 0 Å². The van der Waals surface area contributed by atoms with Crippen molar-refractivity contribution in [3.05, 3.63) is 69.7 Å². The summed E-state index contributed by atoms with van der Waals surface area (Å²) in [5.41, 5.74) is 3.99. The number of nitrogens with zero attached hydrogens (tertiary/aromatic N) is 1. The molecule has 1 N–H and O–H groups in total. The summed E-state index contributed by atoms with van der Waals surface area (Å²) in [4.78, 5) is 2.45. The van der Waals surface area contributed by atoms with Gasteiger partial charge < -0.3 is 10.1 Å². The Bertz CT molecular complexity index is 609. The van der Waals surface area contributed by atoms with Crippen molar-refractivity contribution >= 4 is 15.9 Å². The van der Waals surface area contributed by atoms with Crippen LogP contribution < -0.4 is 5.32 Å². The van der Waals surface area contributed by atoms with E-state index in [0.29, 0.717) is 0 Å². The number of ether oxygens (including phenoxy) is 1. The molecule has 1 aliphatic heterocycles. The normalized spacial score (nSPS) is 15.7. The first-order valence-corrected chi connectivity index (χ1v) is 8.92. The summed E-state index contributed by atoms with van der Waals surface area (Å²) < 4.78 is 6.55. The Kier molecular flexibility index (Phi) is 6.22. The minimum Gasteiger partial charge on any atom is -0.379 e. The molecule has 0 aromatic heterocycles. The van der Waals surface area contributed by atoms with E-state index < -0.39 is 0 Å². The molecule has 4 heteroatoms. The number of nitrogens with one attached hydrogen (secondary N) is 1. The van der Waals surface area contributed by atoms with Crippen molar-refractivity contribution in [1.82, 2.24) is 10.2 Å². The lowest BCUT2D eigenvalue weighted by molar-refractivity contribution is 0.0342. The summed E-state index contributed by atoms with van der Waals surface area (Å²) in [5, 5.41) is 3.50. The number of benzene rings is 2. The van der Waals surface area contributed by atoms with Crippen LogP contribution in [0, 0.1) is 0 Å². The molecular weight excluding hydrogens is 352 g/mol. The van der Waals surface area contributed by atoms with E-state index >= 15 is 0 Å². The van der Waals surface area contributed by atoms with Gasteiger partial charge in [-0.3, -0.25) is 4.90 Å². The smallest absolute Gasteiger partial charge is 0.0594 e. The first-order valence-electron chi connectivity index (χ1n) is 8.13. The second-order valence-electron chi connectivity index (χ2n) is 5.90. The number of hydrogen-bond donors (Lipinski definition) is 1. The molecule has 1 saturated heterocycles. The largest absolute Gasteiger partial charge is 0.379 e. The van der Waals surface area contributed by atoms with Crippen molar-refractivity contribution in [2.45, 2.75) is 19.6 Å². The minimum atomic E-state index is 0.858. The summed E-state index contributed by atoms with van der Waals surface area (Å²) in [6.45, 7) is 6.57. The number of morpholine rings is 1. The SMILES string of the molecule is Brc1ccccc1CNCc1ccc(CN2CCOCC2)cc1. The van der Waals surface area contributed by atoms with Gasteiger partial charge in [0.05, 0.1) is 13.2 Å². The molecule has 1 fully saturated rings. The fraction of sp³-hybridized carbons (Fsp3) is 0.368. The number of rotatable bonds is 6. The molecule has 0 bridgehead atoms. The van der Waals surface area contributed by atoms with E-state index in [1.807, 2.05) is 6.07 Å². The van der Waals surface area contributed by atoms with E-state index in [2.05, 4.69) is 68.6 Å². The van der Waals surface area contributed by atoms with Gasteiger partial charge in [0.25, 0.3) is 0 Å². The van der Waals surface area contributed by atoms with Crippen molar-refractivity contribution in [3.63, 3.8) is 0 Å². The predicted octanol–water partition coefficient (Wildman–Crippen LogP) is 3.57. The highest BCUT2D eigenvalue weighted by Crippen LogP contribution is 2.15. The maximum Gasteiger partial charge on any atom is 0.0594 e. The van der Waals surface area contributed by atoms with Crippen LogP contribution in [0.5, 0.6) is 0 Å². The first-order chi connectivity index (χ1) is 11.3. The molecule has 0 atom stereocenters. The third-order valence-electron chi connectivity index (χ3n) is 4.14. The summed E-state index contributed by atoms with van der Waals surface area (Å²) >= 11 is 3.59. The van der Waals surface area contributed by atoms with Gasteiger partial charge >= 0.3 is 0 Å². The van der Waals surface area contributed by atoms with Crippen molar-refractivity contribution in [2.75, 3.05) is 26.3 Å². The highest BCUT2D eigenvalue weighted by molar-refractivity contribution is 9.10. The zero-order chi connectivity index (χ0) is 15.9. The van der Waals surface area contributed by atoms with E-state index in [0.717, 1.165) is 50.4 Å². The van der Waals surface area contributed by atoms with Crippen LogP contribution in [0.2, 0.25) is 0 Å².